The van der Waals surface area contributed by atoms with E-state index in [0.717, 1.165) is 30.8 Å². The minimum Gasteiger partial charge on any atom is -0.376 e. The van der Waals surface area contributed by atoms with Crippen molar-refractivity contribution < 1.29 is 13.9 Å². The van der Waals surface area contributed by atoms with Crippen LogP contribution in [0.1, 0.15) is 33.5 Å². The average Bonchev–Trinajstić information content (AvgIpc) is 3.09. The normalized spacial score (nSPS) is 16.3. The van der Waals surface area contributed by atoms with Gasteiger partial charge in [-0.1, -0.05) is 12.1 Å². The molecule has 5 heteroatoms. The number of amides is 1. The fourth-order valence-electron chi connectivity index (χ4n) is 3.24. The molecule has 0 aliphatic carbocycles. The molecule has 25 heavy (non-hydrogen) atoms. The van der Waals surface area contributed by atoms with Crippen molar-refractivity contribution in [2.75, 3.05) is 18.5 Å². The van der Waals surface area contributed by atoms with Crippen LogP contribution in [-0.4, -0.2) is 19.1 Å². The van der Waals surface area contributed by atoms with Crippen LogP contribution < -0.4 is 10.6 Å². The van der Waals surface area contributed by atoms with E-state index in [1.54, 1.807) is 6.07 Å². The Balaban J connectivity index is 1.57. The predicted octanol–water partition coefficient (Wildman–Crippen LogP) is 3.48. The zero-order valence-electron chi connectivity index (χ0n) is 13.8. The molecule has 2 aliphatic rings. The predicted molar refractivity (Wildman–Crippen MR) is 94.8 cm³/mol. The van der Waals surface area contributed by atoms with Crippen LogP contribution >= 0.6 is 0 Å². The molecule has 4 rings (SSSR count). The van der Waals surface area contributed by atoms with Crippen LogP contribution in [0.4, 0.5) is 10.1 Å². The second-order valence-corrected chi connectivity index (χ2v) is 6.34. The van der Waals surface area contributed by atoms with Crippen LogP contribution in [0, 0.1) is 5.82 Å². The molecule has 0 saturated carbocycles. The number of rotatable bonds is 3. The zero-order valence-corrected chi connectivity index (χ0v) is 13.8. The molecule has 0 saturated heterocycles. The van der Waals surface area contributed by atoms with Crippen molar-refractivity contribution in [1.82, 2.24) is 5.32 Å². The third-order valence-electron chi connectivity index (χ3n) is 4.54. The van der Waals surface area contributed by atoms with Crippen LogP contribution in [0.5, 0.6) is 0 Å². The van der Waals surface area contributed by atoms with E-state index < -0.39 is 5.82 Å². The number of anilines is 1. The SMILES string of the molecule is O=C(Nc1ccc2c(c1)CNC2)c1cc(F)cc(C2=CCCOC2)c1. The molecule has 0 fully saturated rings. The number of carbonyl (C=O) groups excluding carboxylic acids is 1. The number of hydrogen-bond acceptors (Lipinski definition) is 3. The van der Waals surface area contributed by atoms with Gasteiger partial charge in [0.1, 0.15) is 5.82 Å². The van der Waals surface area contributed by atoms with Gasteiger partial charge in [-0.25, -0.2) is 4.39 Å². The highest BCUT2D eigenvalue weighted by atomic mass is 19.1. The first-order valence-electron chi connectivity index (χ1n) is 8.41. The molecule has 128 valence electrons. The molecule has 0 unspecified atom stereocenters. The van der Waals surface area contributed by atoms with E-state index in [1.807, 2.05) is 24.3 Å². The number of benzene rings is 2. The molecule has 2 N–H and O–H groups in total. The molecular weight excluding hydrogens is 319 g/mol. The third kappa shape index (κ3) is 3.48. The molecule has 4 nitrogen and oxygen atoms in total. The van der Waals surface area contributed by atoms with E-state index in [4.69, 9.17) is 4.74 Å². The molecule has 0 radical (unpaired) electrons. The number of hydrogen-bond donors (Lipinski definition) is 2. The van der Waals surface area contributed by atoms with Crippen molar-refractivity contribution in [1.29, 1.82) is 0 Å². The quantitative estimate of drug-likeness (QED) is 0.901. The lowest BCUT2D eigenvalue weighted by Gasteiger charge is -2.15. The third-order valence-corrected chi connectivity index (χ3v) is 4.54. The Labute approximate surface area is 145 Å². The summed E-state index contributed by atoms with van der Waals surface area (Å²) in [5, 5.41) is 6.13. The Morgan fingerprint density at radius 2 is 2.00 bits per heavy atom. The van der Waals surface area contributed by atoms with Crippen molar-refractivity contribution in [2.24, 2.45) is 0 Å². The Morgan fingerprint density at radius 3 is 2.84 bits per heavy atom. The number of ether oxygens (including phenoxy) is 1. The maximum atomic E-state index is 14.0. The van der Waals surface area contributed by atoms with Gasteiger partial charge in [-0.3, -0.25) is 4.79 Å². The minimum atomic E-state index is -0.424. The maximum Gasteiger partial charge on any atom is 0.255 e. The highest BCUT2D eigenvalue weighted by molar-refractivity contribution is 6.04. The molecule has 0 atom stereocenters. The van der Waals surface area contributed by atoms with Crippen LogP contribution in [0.3, 0.4) is 0 Å². The van der Waals surface area contributed by atoms with Gasteiger partial charge in [-0.15, -0.1) is 0 Å². The van der Waals surface area contributed by atoms with Crippen molar-refractivity contribution in [3.8, 4) is 0 Å². The summed E-state index contributed by atoms with van der Waals surface area (Å²) in [6, 6.07) is 10.3. The van der Waals surface area contributed by atoms with Gasteiger partial charge >= 0.3 is 0 Å². The van der Waals surface area contributed by atoms with Crippen molar-refractivity contribution in [3.05, 3.63) is 70.5 Å². The summed E-state index contributed by atoms with van der Waals surface area (Å²) in [5.41, 5.74) is 5.07. The fourth-order valence-corrected chi connectivity index (χ4v) is 3.24. The topological polar surface area (TPSA) is 50.4 Å². The lowest BCUT2D eigenvalue weighted by Crippen LogP contribution is -2.13. The van der Waals surface area contributed by atoms with E-state index in [-0.39, 0.29) is 5.91 Å². The Hall–Kier alpha value is -2.50. The number of fused-ring (bicyclic) bond motifs is 1. The summed E-state index contributed by atoms with van der Waals surface area (Å²) in [5.74, 6) is -0.740. The highest BCUT2D eigenvalue weighted by Gasteiger charge is 2.15. The van der Waals surface area contributed by atoms with Crippen LogP contribution in [0.15, 0.2) is 42.5 Å². The molecule has 0 spiro atoms. The molecule has 2 aromatic rings. The highest BCUT2D eigenvalue weighted by Crippen LogP contribution is 2.23. The summed E-state index contributed by atoms with van der Waals surface area (Å²) >= 11 is 0. The van der Waals surface area contributed by atoms with Crippen LogP contribution in [0.25, 0.3) is 5.57 Å². The molecule has 0 bridgehead atoms. The summed E-state index contributed by atoms with van der Waals surface area (Å²) in [6.45, 7) is 2.78. The van der Waals surface area contributed by atoms with Gasteiger partial charge in [0.05, 0.1) is 13.2 Å². The fraction of sp³-hybridized carbons (Fsp3) is 0.250. The van der Waals surface area contributed by atoms with Gasteiger partial charge in [0.25, 0.3) is 5.91 Å². The standard InChI is InChI=1S/C20H19FN2O2/c21-18-7-15(14-2-1-5-25-12-14)6-16(8-18)20(24)23-19-4-3-13-10-22-11-17(13)9-19/h2-4,6-9,22H,1,5,10-12H2,(H,23,24). The van der Waals surface area contributed by atoms with E-state index >= 15 is 0 Å². The Bertz CT molecular complexity index is 861. The minimum absolute atomic E-state index is 0.306. The van der Waals surface area contributed by atoms with Gasteiger partial charge in [0.2, 0.25) is 0 Å². The van der Waals surface area contributed by atoms with Crippen molar-refractivity contribution in [2.45, 2.75) is 19.5 Å². The molecule has 2 aliphatic heterocycles. The monoisotopic (exact) mass is 338 g/mol. The largest absolute Gasteiger partial charge is 0.376 e. The molecule has 2 aromatic carbocycles. The molecule has 1 amide bonds. The van der Waals surface area contributed by atoms with Crippen molar-refractivity contribution >= 4 is 17.2 Å². The Kier molecular flexibility index (Phi) is 4.34. The van der Waals surface area contributed by atoms with E-state index in [2.05, 4.69) is 10.6 Å². The average molecular weight is 338 g/mol. The Morgan fingerprint density at radius 1 is 1.12 bits per heavy atom. The summed E-state index contributed by atoms with van der Waals surface area (Å²) in [4.78, 5) is 12.6. The summed E-state index contributed by atoms with van der Waals surface area (Å²) in [6.07, 6.45) is 2.84. The van der Waals surface area contributed by atoms with Gasteiger partial charge < -0.3 is 15.4 Å². The van der Waals surface area contributed by atoms with Gasteiger partial charge in [-0.05, 0) is 59.0 Å². The van der Waals surface area contributed by atoms with E-state index in [1.165, 1.54) is 23.3 Å². The van der Waals surface area contributed by atoms with Gasteiger partial charge in [-0.2, -0.15) is 0 Å². The van der Waals surface area contributed by atoms with Gasteiger partial charge in [0, 0.05) is 24.3 Å². The lowest BCUT2D eigenvalue weighted by atomic mass is 10.0. The number of nitrogens with one attached hydrogen (secondary N) is 2. The first-order valence-corrected chi connectivity index (χ1v) is 8.41. The second kappa shape index (κ2) is 6.78. The number of carbonyl (C=O) groups is 1. The zero-order chi connectivity index (χ0) is 17.2. The van der Waals surface area contributed by atoms with Crippen LogP contribution in [0.2, 0.25) is 0 Å². The van der Waals surface area contributed by atoms with Crippen LogP contribution in [-0.2, 0) is 17.8 Å². The first-order chi connectivity index (χ1) is 12.2. The molecule has 2 heterocycles. The lowest BCUT2D eigenvalue weighted by molar-refractivity contribution is 0.102. The van der Waals surface area contributed by atoms with Crippen molar-refractivity contribution in [3.63, 3.8) is 0 Å². The first kappa shape index (κ1) is 16.0. The molecule has 0 aromatic heterocycles. The molecular formula is C20H19FN2O2. The smallest absolute Gasteiger partial charge is 0.255 e. The summed E-state index contributed by atoms with van der Waals surface area (Å²) < 4.78 is 19.4. The van der Waals surface area contributed by atoms with Gasteiger partial charge in [0.15, 0.2) is 0 Å². The second-order valence-electron chi connectivity index (χ2n) is 6.34. The van der Waals surface area contributed by atoms with E-state index in [9.17, 15) is 9.18 Å². The maximum absolute atomic E-state index is 14.0. The number of halogens is 1. The van der Waals surface area contributed by atoms with E-state index in [0.29, 0.717) is 24.3 Å². The summed E-state index contributed by atoms with van der Waals surface area (Å²) in [7, 11) is 0.